The zero-order chi connectivity index (χ0) is 20.9. The number of aliphatic carboxylic acids is 1. The van der Waals surface area contributed by atoms with Gasteiger partial charge in [-0.05, 0) is 37.8 Å². The van der Waals surface area contributed by atoms with Gasteiger partial charge in [0, 0.05) is 12.8 Å². The number of aliphatic hydroxyl groups is 1. The van der Waals surface area contributed by atoms with Gasteiger partial charge in [0.25, 0.3) is 0 Å². The summed E-state index contributed by atoms with van der Waals surface area (Å²) in [5.74, 6) is 0.0733. The van der Waals surface area contributed by atoms with Crippen LogP contribution in [0.4, 0.5) is 0 Å². The number of carbonyl (C=O) groups excluding carboxylic acids is 1. The molecule has 0 saturated heterocycles. The minimum Gasteiger partial charge on any atom is -0.491 e. The summed E-state index contributed by atoms with van der Waals surface area (Å²) in [6.45, 7) is 2.30. The Morgan fingerprint density at radius 3 is 2.43 bits per heavy atom. The van der Waals surface area contributed by atoms with Gasteiger partial charge in [0.15, 0.2) is 0 Å². The molecule has 0 aliphatic rings. The van der Waals surface area contributed by atoms with Crippen LogP contribution in [-0.4, -0.2) is 35.2 Å². The van der Waals surface area contributed by atoms with Crippen LogP contribution in [0.5, 0.6) is 5.75 Å². The predicted octanol–water partition coefficient (Wildman–Crippen LogP) is 4.95. The van der Waals surface area contributed by atoms with E-state index < -0.39 is 12.1 Å². The van der Waals surface area contributed by atoms with E-state index in [2.05, 4.69) is 6.92 Å². The number of benzene rings is 1. The highest BCUT2D eigenvalue weighted by atomic mass is 16.5. The van der Waals surface area contributed by atoms with E-state index in [-0.39, 0.29) is 6.61 Å². The third kappa shape index (κ3) is 18.4. The number of carbonyl (C=O) groups is 2. The molecular weight excluding hydrogens is 356 g/mol. The van der Waals surface area contributed by atoms with Crippen LogP contribution >= 0.6 is 0 Å². The smallest absolute Gasteiger partial charge is 0.303 e. The Morgan fingerprint density at radius 1 is 1.07 bits per heavy atom. The second-order valence-corrected chi connectivity index (χ2v) is 6.31. The normalized spacial score (nSPS) is 11.8. The lowest BCUT2D eigenvalue weighted by Gasteiger charge is -2.08. The van der Waals surface area contributed by atoms with Crippen LogP contribution in [0.2, 0.25) is 0 Å². The lowest BCUT2D eigenvalue weighted by molar-refractivity contribution is -0.137. The Labute approximate surface area is 168 Å². The number of para-hydroxylation sites is 1. The number of hydrogen-bond acceptors (Lipinski definition) is 4. The average Bonchev–Trinajstić information content (AvgIpc) is 2.70. The highest BCUT2D eigenvalue weighted by molar-refractivity contribution is 5.66. The molecule has 0 fully saturated rings. The molecule has 156 valence electrons. The zero-order valence-corrected chi connectivity index (χ0v) is 16.8. The van der Waals surface area contributed by atoms with Crippen molar-refractivity contribution in [3.05, 3.63) is 54.6 Å². The monoisotopic (exact) mass is 390 g/mol. The van der Waals surface area contributed by atoms with Crippen LogP contribution < -0.4 is 4.74 Å². The fourth-order valence-corrected chi connectivity index (χ4v) is 2.14. The fourth-order valence-electron chi connectivity index (χ4n) is 2.14. The molecule has 28 heavy (non-hydrogen) atoms. The molecule has 5 heteroatoms. The van der Waals surface area contributed by atoms with E-state index in [0.717, 1.165) is 50.6 Å². The molecule has 0 heterocycles. The van der Waals surface area contributed by atoms with Crippen molar-refractivity contribution in [3.63, 3.8) is 0 Å². The lowest BCUT2D eigenvalue weighted by atomic mass is 10.2. The number of hydrogen-bond donors (Lipinski definition) is 2. The maximum Gasteiger partial charge on any atom is 0.303 e. The van der Waals surface area contributed by atoms with Gasteiger partial charge in [-0.15, -0.1) is 0 Å². The summed E-state index contributed by atoms with van der Waals surface area (Å²) >= 11 is 0. The van der Waals surface area contributed by atoms with E-state index in [4.69, 9.17) is 9.84 Å². The van der Waals surface area contributed by atoms with E-state index in [0.29, 0.717) is 12.8 Å². The lowest BCUT2D eigenvalue weighted by Crippen LogP contribution is -2.14. The van der Waals surface area contributed by atoms with Crippen molar-refractivity contribution in [2.45, 2.75) is 64.4 Å². The summed E-state index contributed by atoms with van der Waals surface area (Å²) in [6.07, 6.45) is 14.6. The van der Waals surface area contributed by atoms with Crippen molar-refractivity contribution >= 4 is 12.3 Å². The van der Waals surface area contributed by atoms with Crippen LogP contribution in [0.1, 0.15) is 58.3 Å². The van der Waals surface area contributed by atoms with E-state index >= 15 is 0 Å². The third-order valence-electron chi connectivity index (χ3n) is 3.68. The molecule has 0 saturated carbocycles. The average molecular weight is 391 g/mol. The van der Waals surface area contributed by atoms with Crippen LogP contribution in [0, 0.1) is 0 Å². The molecule has 1 unspecified atom stereocenters. The molecule has 0 spiro atoms. The quantitative estimate of drug-likeness (QED) is 0.267. The largest absolute Gasteiger partial charge is 0.491 e. The van der Waals surface area contributed by atoms with E-state index in [1.54, 1.807) is 6.08 Å². The van der Waals surface area contributed by atoms with Crippen molar-refractivity contribution in [2.75, 3.05) is 6.61 Å². The van der Waals surface area contributed by atoms with Gasteiger partial charge in [-0.25, -0.2) is 0 Å². The first-order valence-electron chi connectivity index (χ1n) is 9.94. The first-order valence-corrected chi connectivity index (χ1v) is 9.94. The molecule has 0 amide bonds. The van der Waals surface area contributed by atoms with Crippen LogP contribution in [0.25, 0.3) is 0 Å². The van der Waals surface area contributed by atoms with Crippen LogP contribution in [0.15, 0.2) is 54.6 Å². The second kappa shape index (κ2) is 19.4. The second-order valence-electron chi connectivity index (χ2n) is 6.31. The van der Waals surface area contributed by atoms with Gasteiger partial charge in [0.05, 0.1) is 0 Å². The summed E-state index contributed by atoms with van der Waals surface area (Å²) in [4.78, 5) is 20.0. The summed E-state index contributed by atoms with van der Waals surface area (Å²) in [6, 6.07) is 9.42. The van der Waals surface area contributed by atoms with Gasteiger partial charge < -0.3 is 19.7 Å². The Hall–Kier alpha value is -2.40. The van der Waals surface area contributed by atoms with Crippen molar-refractivity contribution in [1.82, 2.24) is 0 Å². The van der Waals surface area contributed by atoms with Gasteiger partial charge in [-0.3, -0.25) is 4.79 Å². The number of carboxylic acid groups (broad SMARTS) is 1. The summed E-state index contributed by atoms with van der Waals surface area (Å²) in [7, 11) is 0. The van der Waals surface area contributed by atoms with E-state index in [1.807, 2.05) is 48.6 Å². The fraction of sp³-hybridized carbons (Fsp3) is 0.478. The number of carboxylic acids is 1. The molecule has 2 N–H and O–H groups in total. The van der Waals surface area contributed by atoms with Crippen molar-refractivity contribution < 1.29 is 24.5 Å². The number of unbranched alkanes of at least 4 members (excludes halogenated alkanes) is 5. The topological polar surface area (TPSA) is 83.8 Å². The SMILES string of the molecule is CCCCCC(=O)O.O=CCCCC/C=C\C=C\C(O)COc1ccccc1. The molecule has 0 aromatic heterocycles. The summed E-state index contributed by atoms with van der Waals surface area (Å²) < 4.78 is 5.43. The molecule has 5 nitrogen and oxygen atoms in total. The van der Waals surface area contributed by atoms with Crippen molar-refractivity contribution in [1.29, 1.82) is 0 Å². The number of ether oxygens (including phenoxy) is 1. The molecule has 1 rings (SSSR count). The van der Waals surface area contributed by atoms with E-state index in [1.165, 1.54) is 0 Å². The predicted molar refractivity (Wildman–Crippen MR) is 113 cm³/mol. The Balaban J connectivity index is 0.000000769. The number of allylic oxidation sites excluding steroid dienone is 3. The molecule has 0 radical (unpaired) electrons. The molecule has 1 aromatic carbocycles. The molecule has 1 atom stereocenters. The van der Waals surface area contributed by atoms with Crippen LogP contribution in [-0.2, 0) is 9.59 Å². The number of aldehydes is 1. The van der Waals surface area contributed by atoms with Gasteiger partial charge in [-0.2, -0.15) is 0 Å². The minimum absolute atomic E-state index is 0.244. The Kier molecular flexibility index (Phi) is 17.7. The number of aliphatic hydroxyl groups excluding tert-OH is 1. The molecule has 1 aromatic rings. The van der Waals surface area contributed by atoms with Gasteiger partial charge in [0.1, 0.15) is 24.7 Å². The highest BCUT2D eigenvalue weighted by Crippen LogP contribution is 2.08. The van der Waals surface area contributed by atoms with Gasteiger partial charge in [-0.1, -0.05) is 62.3 Å². The molecular formula is C23H34O5. The molecule has 0 aliphatic heterocycles. The minimum atomic E-state index is -0.682. The van der Waals surface area contributed by atoms with Crippen molar-refractivity contribution in [3.8, 4) is 5.75 Å². The van der Waals surface area contributed by atoms with Gasteiger partial charge in [0.2, 0.25) is 0 Å². The maximum atomic E-state index is 10.1. The van der Waals surface area contributed by atoms with Crippen LogP contribution in [0.3, 0.4) is 0 Å². The first kappa shape index (κ1) is 25.6. The third-order valence-corrected chi connectivity index (χ3v) is 3.68. The number of rotatable bonds is 14. The molecule has 0 aliphatic carbocycles. The standard InChI is InChI=1S/C17H22O3.C6H12O2/c18-14-10-5-3-1-2-4-7-11-16(19)15-20-17-12-8-6-9-13-17;1-2-3-4-5-6(7)8/h2,4,6-9,11-14,16,19H,1,3,5,10,15H2;2-5H2,1H3,(H,7,8)/b4-2-,11-7+;. The molecule has 0 bridgehead atoms. The van der Waals surface area contributed by atoms with E-state index in [9.17, 15) is 14.7 Å². The van der Waals surface area contributed by atoms with Crippen molar-refractivity contribution in [2.24, 2.45) is 0 Å². The Morgan fingerprint density at radius 2 is 1.79 bits per heavy atom. The highest BCUT2D eigenvalue weighted by Gasteiger charge is 1.99. The summed E-state index contributed by atoms with van der Waals surface area (Å²) in [5.41, 5.74) is 0. The summed E-state index contributed by atoms with van der Waals surface area (Å²) in [5, 5.41) is 17.8. The Bertz CT molecular complexity index is 551. The zero-order valence-electron chi connectivity index (χ0n) is 16.8. The first-order chi connectivity index (χ1) is 13.6. The van der Waals surface area contributed by atoms with Gasteiger partial charge >= 0.3 is 5.97 Å². The maximum absolute atomic E-state index is 10.1.